The van der Waals surface area contributed by atoms with Gasteiger partial charge >= 0.3 is 0 Å². The number of halogens is 1. The van der Waals surface area contributed by atoms with Crippen LogP contribution in [0.25, 0.3) is 17.2 Å². The first-order valence-electron chi connectivity index (χ1n) is 7.72. The zero-order valence-electron chi connectivity index (χ0n) is 13.3. The largest absolute Gasteiger partial charge is 0.378 e. The fraction of sp³-hybridized carbons (Fsp3) is 0.533. The van der Waals surface area contributed by atoms with Gasteiger partial charge in [0.05, 0.1) is 13.2 Å². The summed E-state index contributed by atoms with van der Waals surface area (Å²) in [7, 11) is 4.07. The monoisotopic (exact) mass is 334 g/mol. The number of likely N-dealkylation sites (N-methyl/N-ethyl adjacent to an activating group) is 1. The summed E-state index contributed by atoms with van der Waals surface area (Å²) in [5.74, 6) is 1.70. The molecule has 4 heterocycles. The van der Waals surface area contributed by atoms with Crippen LogP contribution < -0.4 is 4.90 Å². The lowest BCUT2D eigenvalue weighted by atomic mass is 10.1. The van der Waals surface area contributed by atoms with Crippen molar-refractivity contribution in [2.75, 3.05) is 51.3 Å². The number of morpholine rings is 1. The van der Waals surface area contributed by atoms with Gasteiger partial charge in [0.15, 0.2) is 17.0 Å². The third kappa shape index (κ3) is 2.69. The van der Waals surface area contributed by atoms with E-state index in [9.17, 15) is 0 Å². The molecule has 0 spiro atoms. The summed E-state index contributed by atoms with van der Waals surface area (Å²) in [4.78, 5) is 18.0. The minimum Gasteiger partial charge on any atom is -0.378 e. The molecule has 0 bridgehead atoms. The number of imidazole rings is 1. The highest BCUT2D eigenvalue weighted by Crippen LogP contribution is 2.27. The van der Waals surface area contributed by atoms with Crippen molar-refractivity contribution < 1.29 is 4.74 Å². The van der Waals surface area contributed by atoms with E-state index in [4.69, 9.17) is 21.3 Å². The van der Waals surface area contributed by atoms with Gasteiger partial charge in [-0.3, -0.25) is 4.90 Å². The van der Waals surface area contributed by atoms with Crippen LogP contribution in [0.2, 0.25) is 5.28 Å². The third-order valence-electron chi connectivity index (χ3n) is 4.30. The smallest absolute Gasteiger partial charge is 0.226 e. The van der Waals surface area contributed by atoms with E-state index in [1.807, 2.05) is 11.6 Å². The number of nitrogens with zero attached hydrogens (tertiary/aromatic N) is 6. The molecule has 2 aromatic rings. The maximum absolute atomic E-state index is 6.14. The molecular weight excluding hydrogens is 316 g/mol. The second kappa shape index (κ2) is 5.74. The minimum absolute atomic E-state index is 0.254. The molecule has 4 rings (SSSR count). The molecule has 0 aromatic carbocycles. The molecule has 0 unspecified atom stereocenters. The van der Waals surface area contributed by atoms with E-state index in [2.05, 4.69) is 32.9 Å². The molecular formula is C15H19ClN6O. The first-order chi connectivity index (χ1) is 11.1. The molecule has 8 heteroatoms. The summed E-state index contributed by atoms with van der Waals surface area (Å²) in [6.45, 7) is 4.96. The lowest BCUT2D eigenvalue weighted by molar-refractivity contribution is 0.122. The molecule has 0 radical (unpaired) electrons. The van der Waals surface area contributed by atoms with Gasteiger partial charge in [0, 0.05) is 33.2 Å². The van der Waals surface area contributed by atoms with Crippen LogP contribution >= 0.6 is 11.6 Å². The Bertz CT molecular complexity index is 772. The molecule has 2 aliphatic rings. The van der Waals surface area contributed by atoms with Crippen LogP contribution in [0, 0.1) is 0 Å². The maximum Gasteiger partial charge on any atom is 0.226 e. The average molecular weight is 335 g/mol. The van der Waals surface area contributed by atoms with E-state index >= 15 is 0 Å². The summed E-state index contributed by atoms with van der Waals surface area (Å²) in [6, 6.07) is 0. The summed E-state index contributed by atoms with van der Waals surface area (Å²) < 4.78 is 7.40. The number of fused-ring (bicyclic) bond motifs is 1. The second-order valence-electron chi connectivity index (χ2n) is 6.09. The summed E-state index contributed by atoms with van der Waals surface area (Å²) in [5, 5.41) is 0.254. The van der Waals surface area contributed by atoms with Gasteiger partial charge in [0.2, 0.25) is 5.28 Å². The third-order valence-corrected chi connectivity index (χ3v) is 4.47. The van der Waals surface area contributed by atoms with Gasteiger partial charge in [-0.1, -0.05) is 0 Å². The lowest BCUT2D eigenvalue weighted by Gasteiger charge is -2.29. The number of rotatable bonds is 2. The molecule has 0 amide bonds. The van der Waals surface area contributed by atoms with Crippen molar-refractivity contribution in [3.63, 3.8) is 0 Å². The normalized spacial score (nSPS) is 19.3. The minimum atomic E-state index is 0.254. The zero-order valence-corrected chi connectivity index (χ0v) is 14.0. The Morgan fingerprint density at radius 3 is 2.52 bits per heavy atom. The van der Waals surface area contributed by atoms with E-state index in [0.29, 0.717) is 13.2 Å². The molecule has 0 aliphatic carbocycles. The van der Waals surface area contributed by atoms with Crippen molar-refractivity contribution in [2.45, 2.75) is 0 Å². The SMILES string of the molecule is CN1CC(=Cc2nc3c(N4CCOCC4)nc(Cl)nc3n2C)C1. The Kier molecular flexibility index (Phi) is 3.71. The van der Waals surface area contributed by atoms with Crippen molar-refractivity contribution in [3.8, 4) is 0 Å². The van der Waals surface area contributed by atoms with Crippen molar-refractivity contribution in [2.24, 2.45) is 7.05 Å². The number of ether oxygens (including phenoxy) is 1. The Balaban J connectivity index is 1.79. The maximum atomic E-state index is 6.14. The Hall–Kier alpha value is -1.70. The van der Waals surface area contributed by atoms with Crippen LogP contribution in [-0.2, 0) is 11.8 Å². The van der Waals surface area contributed by atoms with Crippen LogP contribution in [0.4, 0.5) is 5.82 Å². The van der Waals surface area contributed by atoms with Crippen LogP contribution in [0.3, 0.4) is 0 Å². The molecule has 0 N–H and O–H groups in total. The van der Waals surface area contributed by atoms with Gasteiger partial charge in [-0.2, -0.15) is 9.97 Å². The topological polar surface area (TPSA) is 59.3 Å². The fourth-order valence-corrected chi connectivity index (χ4v) is 3.24. The van der Waals surface area contributed by atoms with Crippen LogP contribution in [0.5, 0.6) is 0 Å². The first-order valence-corrected chi connectivity index (χ1v) is 8.10. The van der Waals surface area contributed by atoms with E-state index in [1.165, 1.54) is 5.57 Å². The van der Waals surface area contributed by atoms with Gasteiger partial charge in [-0.05, 0) is 30.3 Å². The predicted molar refractivity (Wildman–Crippen MR) is 89.8 cm³/mol. The van der Waals surface area contributed by atoms with Gasteiger partial charge < -0.3 is 14.2 Å². The van der Waals surface area contributed by atoms with Crippen LogP contribution in [0.1, 0.15) is 5.82 Å². The average Bonchev–Trinajstić information content (AvgIpc) is 2.83. The highest BCUT2D eigenvalue weighted by atomic mass is 35.5. The number of hydrogen-bond acceptors (Lipinski definition) is 6. The van der Waals surface area contributed by atoms with E-state index in [-0.39, 0.29) is 5.28 Å². The summed E-state index contributed by atoms with van der Waals surface area (Å²) in [6.07, 6.45) is 2.14. The highest BCUT2D eigenvalue weighted by Gasteiger charge is 2.22. The quantitative estimate of drug-likeness (QED) is 0.769. The number of hydrogen-bond donors (Lipinski definition) is 0. The van der Waals surface area contributed by atoms with Crippen molar-refractivity contribution in [1.29, 1.82) is 0 Å². The van der Waals surface area contributed by atoms with Gasteiger partial charge in [0.1, 0.15) is 5.82 Å². The molecule has 2 saturated heterocycles. The van der Waals surface area contributed by atoms with Crippen molar-refractivity contribution in [3.05, 3.63) is 16.7 Å². The van der Waals surface area contributed by atoms with E-state index in [1.54, 1.807) is 0 Å². The van der Waals surface area contributed by atoms with E-state index in [0.717, 1.165) is 49.0 Å². The molecule has 7 nitrogen and oxygen atoms in total. The number of aryl methyl sites for hydroxylation is 1. The molecule has 23 heavy (non-hydrogen) atoms. The Morgan fingerprint density at radius 1 is 1.09 bits per heavy atom. The van der Waals surface area contributed by atoms with Gasteiger partial charge in [0.25, 0.3) is 0 Å². The zero-order chi connectivity index (χ0) is 16.0. The highest BCUT2D eigenvalue weighted by molar-refractivity contribution is 6.28. The summed E-state index contributed by atoms with van der Waals surface area (Å²) in [5.41, 5.74) is 2.95. The van der Waals surface area contributed by atoms with Crippen LogP contribution in [-0.4, -0.2) is 70.9 Å². The molecule has 2 fully saturated rings. The number of likely N-dealkylation sites (tertiary alicyclic amines) is 1. The Morgan fingerprint density at radius 2 is 1.83 bits per heavy atom. The van der Waals surface area contributed by atoms with E-state index < -0.39 is 0 Å². The van der Waals surface area contributed by atoms with Gasteiger partial charge in [-0.25, -0.2) is 4.98 Å². The van der Waals surface area contributed by atoms with Crippen molar-refractivity contribution in [1.82, 2.24) is 24.4 Å². The lowest BCUT2D eigenvalue weighted by Crippen LogP contribution is -2.37. The first kappa shape index (κ1) is 14.9. The second-order valence-corrected chi connectivity index (χ2v) is 6.43. The number of aromatic nitrogens is 4. The number of anilines is 1. The summed E-state index contributed by atoms with van der Waals surface area (Å²) >= 11 is 6.14. The molecule has 2 aromatic heterocycles. The molecule has 0 atom stereocenters. The molecule has 2 aliphatic heterocycles. The van der Waals surface area contributed by atoms with Crippen molar-refractivity contribution >= 4 is 34.7 Å². The standard InChI is InChI=1S/C15H19ClN6O/c1-20-8-10(9-20)7-11-17-12-13(21(11)2)18-15(16)19-14(12)22-3-5-23-6-4-22/h7H,3-6,8-9H2,1-2H3. The van der Waals surface area contributed by atoms with Gasteiger partial charge in [-0.15, -0.1) is 0 Å². The fourth-order valence-electron chi connectivity index (χ4n) is 3.08. The molecule has 122 valence electrons. The van der Waals surface area contributed by atoms with Crippen LogP contribution in [0.15, 0.2) is 5.57 Å². The molecule has 0 saturated carbocycles. The Labute approximate surface area is 139 Å². The predicted octanol–water partition coefficient (Wildman–Crippen LogP) is 1.18.